The van der Waals surface area contributed by atoms with Gasteiger partial charge in [-0.15, -0.1) is 11.3 Å². The third-order valence-corrected chi connectivity index (χ3v) is 6.93. The Morgan fingerprint density at radius 1 is 1.42 bits per heavy atom. The molecule has 1 fully saturated rings. The Labute approximate surface area is 118 Å². The third-order valence-electron chi connectivity index (χ3n) is 3.45. The Bertz CT molecular complexity index is 537. The maximum absolute atomic E-state index is 12.5. The molecule has 1 aromatic heterocycles. The summed E-state index contributed by atoms with van der Waals surface area (Å²) in [5.74, 6) is 0. The quantitative estimate of drug-likeness (QED) is 0.877. The fraction of sp³-hybridized carbons (Fsp3) is 0.667. The van der Waals surface area contributed by atoms with Crippen LogP contribution in [0, 0.1) is 0 Å². The van der Waals surface area contributed by atoms with Crippen molar-refractivity contribution >= 4 is 21.4 Å². The minimum absolute atomic E-state index is 0.342. The van der Waals surface area contributed by atoms with Crippen LogP contribution in [0.5, 0.6) is 0 Å². The summed E-state index contributed by atoms with van der Waals surface area (Å²) in [4.78, 5) is 0.861. The zero-order valence-electron chi connectivity index (χ0n) is 11.0. The van der Waals surface area contributed by atoms with Gasteiger partial charge in [-0.2, -0.15) is 4.31 Å². The third kappa shape index (κ3) is 3.35. The molecule has 1 saturated heterocycles. The van der Waals surface area contributed by atoms with Crippen LogP contribution in [0.1, 0.15) is 31.1 Å². The summed E-state index contributed by atoms with van der Waals surface area (Å²) >= 11 is 1.22. The first-order valence-corrected chi connectivity index (χ1v) is 8.62. The molecule has 0 saturated carbocycles. The number of nitrogens with zero attached hydrogens (tertiary/aromatic N) is 1. The predicted molar refractivity (Wildman–Crippen MR) is 75.4 cm³/mol. The van der Waals surface area contributed by atoms with Gasteiger partial charge in [0.05, 0.1) is 5.60 Å². The SMILES string of the molecule is CC1(O)CCCN(S(=O)(=O)c2ccc(CN)s2)CC1. The van der Waals surface area contributed by atoms with Crippen LogP contribution < -0.4 is 5.73 Å². The highest BCUT2D eigenvalue weighted by Gasteiger charge is 2.32. The van der Waals surface area contributed by atoms with E-state index in [1.165, 1.54) is 15.6 Å². The summed E-state index contributed by atoms with van der Waals surface area (Å²) in [5, 5.41) is 10.0. The first kappa shape index (κ1) is 14.9. The highest BCUT2D eigenvalue weighted by Crippen LogP contribution is 2.28. The van der Waals surface area contributed by atoms with Gasteiger partial charge in [0.2, 0.25) is 0 Å². The molecule has 0 amide bonds. The number of rotatable bonds is 3. The van der Waals surface area contributed by atoms with E-state index in [2.05, 4.69) is 0 Å². The lowest BCUT2D eigenvalue weighted by Gasteiger charge is -2.21. The van der Waals surface area contributed by atoms with E-state index >= 15 is 0 Å². The highest BCUT2D eigenvalue weighted by molar-refractivity contribution is 7.91. The van der Waals surface area contributed by atoms with Gasteiger partial charge in [0.25, 0.3) is 10.0 Å². The number of hydrogen-bond acceptors (Lipinski definition) is 5. The maximum Gasteiger partial charge on any atom is 0.252 e. The molecule has 108 valence electrons. The summed E-state index contributed by atoms with van der Waals surface area (Å²) in [5.41, 5.74) is 4.75. The van der Waals surface area contributed by atoms with Crippen molar-refractivity contribution in [2.45, 2.75) is 42.5 Å². The van der Waals surface area contributed by atoms with Crippen LogP contribution >= 0.6 is 11.3 Å². The predicted octanol–water partition coefficient (Wildman–Crippen LogP) is 1.13. The first-order chi connectivity index (χ1) is 8.85. The Kier molecular flexibility index (Phi) is 4.32. The van der Waals surface area contributed by atoms with Gasteiger partial charge in [-0.3, -0.25) is 0 Å². The van der Waals surface area contributed by atoms with Gasteiger partial charge in [0.15, 0.2) is 0 Å². The van der Waals surface area contributed by atoms with Gasteiger partial charge < -0.3 is 10.8 Å². The molecule has 7 heteroatoms. The van der Waals surface area contributed by atoms with Gasteiger partial charge in [-0.1, -0.05) is 0 Å². The van der Waals surface area contributed by atoms with E-state index in [0.29, 0.717) is 43.1 Å². The molecule has 1 atom stereocenters. The Morgan fingerprint density at radius 2 is 2.16 bits per heavy atom. The number of aliphatic hydroxyl groups is 1. The lowest BCUT2D eigenvalue weighted by Crippen LogP contribution is -2.33. The minimum Gasteiger partial charge on any atom is -0.390 e. The lowest BCUT2D eigenvalue weighted by atomic mass is 9.98. The van der Waals surface area contributed by atoms with Crippen molar-refractivity contribution in [1.82, 2.24) is 4.31 Å². The van der Waals surface area contributed by atoms with Crippen molar-refractivity contribution in [2.24, 2.45) is 5.73 Å². The second-order valence-electron chi connectivity index (χ2n) is 5.18. The maximum atomic E-state index is 12.5. The van der Waals surface area contributed by atoms with Crippen LogP contribution in [0.2, 0.25) is 0 Å². The first-order valence-electron chi connectivity index (χ1n) is 6.36. The standard InChI is InChI=1S/C12H20N2O3S2/c1-12(15)5-2-7-14(8-6-12)19(16,17)11-4-3-10(9-13)18-11/h3-4,15H,2,5-9,13H2,1H3. The van der Waals surface area contributed by atoms with Crippen LogP contribution in [-0.2, 0) is 16.6 Å². The molecule has 19 heavy (non-hydrogen) atoms. The lowest BCUT2D eigenvalue weighted by molar-refractivity contribution is 0.0465. The fourth-order valence-electron chi connectivity index (χ4n) is 2.21. The second kappa shape index (κ2) is 5.49. The van der Waals surface area contributed by atoms with Gasteiger partial charge in [0.1, 0.15) is 4.21 Å². The van der Waals surface area contributed by atoms with Gasteiger partial charge in [0, 0.05) is 24.5 Å². The van der Waals surface area contributed by atoms with Crippen LogP contribution in [0.15, 0.2) is 16.3 Å². The van der Waals surface area contributed by atoms with E-state index < -0.39 is 15.6 Å². The van der Waals surface area contributed by atoms with Crippen LogP contribution in [0.3, 0.4) is 0 Å². The number of thiophene rings is 1. The fourth-order valence-corrected chi connectivity index (χ4v) is 5.08. The average molecular weight is 304 g/mol. The van der Waals surface area contributed by atoms with Gasteiger partial charge >= 0.3 is 0 Å². The zero-order chi connectivity index (χ0) is 14.1. The Hall–Kier alpha value is -0.470. The van der Waals surface area contributed by atoms with E-state index in [1.54, 1.807) is 19.1 Å². The smallest absolute Gasteiger partial charge is 0.252 e. The van der Waals surface area contributed by atoms with E-state index in [-0.39, 0.29) is 0 Å². The monoisotopic (exact) mass is 304 g/mol. The van der Waals surface area contributed by atoms with E-state index in [4.69, 9.17) is 5.73 Å². The zero-order valence-corrected chi connectivity index (χ0v) is 12.6. The Balaban J connectivity index is 2.20. The average Bonchev–Trinajstić information content (AvgIpc) is 2.75. The van der Waals surface area contributed by atoms with Crippen molar-refractivity contribution in [3.8, 4) is 0 Å². The van der Waals surface area contributed by atoms with Crippen molar-refractivity contribution in [1.29, 1.82) is 0 Å². The molecule has 0 bridgehead atoms. The molecule has 3 N–H and O–H groups in total. The van der Waals surface area contributed by atoms with Crippen molar-refractivity contribution in [3.63, 3.8) is 0 Å². The minimum atomic E-state index is -3.44. The molecule has 1 aromatic rings. The summed E-state index contributed by atoms with van der Waals surface area (Å²) in [6, 6.07) is 3.37. The number of hydrogen-bond donors (Lipinski definition) is 2. The Morgan fingerprint density at radius 3 is 2.79 bits per heavy atom. The summed E-state index contributed by atoms with van der Waals surface area (Å²) in [7, 11) is -3.44. The topological polar surface area (TPSA) is 83.6 Å². The van der Waals surface area contributed by atoms with Crippen molar-refractivity contribution in [2.75, 3.05) is 13.1 Å². The van der Waals surface area contributed by atoms with Crippen molar-refractivity contribution < 1.29 is 13.5 Å². The summed E-state index contributed by atoms with van der Waals surface area (Å²) < 4.78 is 26.8. The molecule has 2 heterocycles. The van der Waals surface area contributed by atoms with Crippen LogP contribution in [-0.4, -0.2) is 36.5 Å². The second-order valence-corrected chi connectivity index (χ2v) is 8.51. The molecular weight excluding hydrogens is 284 g/mol. The molecule has 0 radical (unpaired) electrons. The highest BCUT2D eigenvalue weighted by atomic mass is 32.2. The van der Waals surface area contributed by atoms with E-state index in [1.807, 2.05) is 0 Å². The van der Waals surface area contributed by atoms with Crippen LogP contribution in [0.25, 0.3) is 0 Å². The van der Waals surface area contributed by atoms with Gasteiger partial charge in [-0.05, 0) is 38.3 Å². The number of nitrogens with two attached hydrogens (primary N) is 1. The molecule has 1 aliphatic rings. The molecule has 0 spiro atoms. The van der Waals surface area contributed by atoms with E-state index in [9.17, 15) is 13.5 Å². The summed E-state index contributed by atoms with van der Waals surface area (Å²) in [6.45, 7) is 2.95. The number of sulfonamides is 1. The van der Waals surface area contributed by atoms with E-state index in [0.717, 1.165) is 4.88 Å². The molecule has 1 unspecified atom stereocenters. The molecule has 0 aromatic carbocycles. The van der Waals surface area contributed by atoms with Gasteiger partial charge in [-0.25, -0.2) is 8.42 Å². The molecule has 5 nitrogen and oxygen atoms in total. The molecule has 1 aliphatic heterocycles. The molecule has 0 aliphatic carbocycles. The van der Waals surface area contributed by atoms with Crippen LogP contribution in [0.4, 0.5) is 0 Å². The molecule has 2 rings (SSSR count). The summed E-state index contributed by atoms with van der Waals surface area (Å²) in [6.07, 6.45) is 1.79. The molecular formula is C12H20N2O3S2. The van der Waals surface area contributed by atoms with Crippen molar-refractivity contribution in [3.05, 3.63) is 17.0 Å². The largest absolute Gasteiger partial charge is 0.390 e. The normalized spacial score (nSPS) is 26.3.